The fraction of sp³-hybridized carbons (Fsp3) is 1.00. The predicted molar refractivity (Wildman–Crippen MR) is 57.5 cm³/mol. The summed E-state index contributed by atoms with van der Waals surface area (Å²) in [6.07, 6.45) is 6.52. The minimum Gasteiger partial charge on any atom is -0.385 e. The summed E-state index contributed by atoms with van der Waals surface area (Å²) in [6, 6.07) is 0.683. The number of hydrogen-bond acceptors (Lipinski definition) is 3. The van der Waals surface area contributed by atoms with Gasteiger partial charge in [-0.1, -0.05) is 0 Å². The van der Waals surface area contributed by atoms with Crippen LogP contribution in [0.3, 0.4) is 0 Å². The molecule has 1 aliphatic rings. The van der Waals surface area contributed by atoms with Gasteiger partial charge in [0, 0.05) is 26.9 Å². The topological polar surface area (TPSA) is 30.5 Å². The van der Waals surface area contributed by atoms with Gasteiger partial charge in [-0.05, 0) is 38.6 Å². The molecule has 0 aromatic carbocycles. The Morgan fingerprint density at radius 2 is 2.07 bits per heavy atom. The highest BCUT2D eigenvalue weighted by atomic mass is 16.5. The van der Waals surface area contributed by atoms with Gasteiger partial charge in [-0.2, -0.15) is 0 Å². The summed E-state index contributed by atoms with van der Waals surface area (Å²) in [6.45, 7) is 2.00. The number of nitrogens with one attached hydrogen (secondary N) is 1. The van der Waals surface area contributed by atoms with Gasteiger partial charge in [-0.25, -0.2) is 0 Å². The van der Waals surface area contributed by atoms with Crippen molar-refractivity contribution >= 4 is 0 Å². The third-order valence-electron chi connectivity index (χ3n) is 2.93. The molecule has 1 rings (SSSR count). The highest BCUT2D eigenvalue weighted by molar-refractivity contribution is 4.80. The zero-order valence-corrected chi connectivity index (χ0v) is 9.42. The highest BCUT2D eigenvalue weighted by Crippen LogP contribution is 2.21. The van der Waals surface area contributed by atoms with Crippen molar-refractivity contribution in [2.24, 2.45) is 0 Å². The first-order valence-corrected chi connectivity index (χ1v) is 5.62. The van der Waals surface area contributed by atoms with Gasteiger partial charge in [0.25, 0.3) is 0 Å². The van der Waals surface area contributed by atoms with E-state index in [-0.39, 0.29) is 0 Å². The number of ether oxygens (including phenoxy) is 2. The second-order valence-electron chi connectivity index (χ2n) is 4.02. The molecule has 1 fully saturated rings. The molecule has 1 saturated carbocycles. The summed E-state index contributed by atoms with van der Waals surface area (Å²) in [4.78, 5) is 0. The minimum absolute atomic E-state index is 0.492. The van der Waals surface area contributed by atoms with Crippen molar-refractivity contribution in [1.29, 1.82) is 0 Å². The average molecular weight is 201 g/mol. The van der Waals surface area contributed by atoms with Crippen LogP contribution in [0, 0.1) is 0 Å². The molecule has 3 heteroatoms. The van der Waals surface area contributed by atoms with Gasteiger partial charge in [0.2, 0.25) is 0 Å². The van der Waals surface area contributed by atoms with Crippen molar-refractivity contribution in [1.82, 2.24) is 5.32 Å². The molecule has 3 nitrogen and oxygen atoms in total. The SMILES string of the molecule is COCCCCNC1CCC(OC)C1. The van der Waals surface area contributed by atoms with Crippen molar-refractivity contribution in [3.05, 3.63) is 0 Å². The molecule has 84 valence electrons. The maximum Gasteiger partial charge on any atom is 0.0586 e. The lowest BCUT2D eigenvalue weighted by Gasteiger charge is -2.12. The normalized spacial score (nSPS) is 27.0. The van der Waals surface area contributed by atoms with E-state index in [0.717, 1.165) is 19.6 Å². The van der Waals surface area contributed by atoms with Crippen molar-refractivity contribution in [2.45, 2.75) is 44.2 Å². The second kappa shape index (κ2) is 7.21. The monoisotopic (exact) mass is 201 g/mol. The van der Waals surface area contributed by atoms with Crippen LogP contribution >= 0.6 is 0 Å². The Balaban J connectivity index is 1.92. The summed E-state index contributed by atoms with van der Waals surface area (Å²) in [5, 5.41) is 3.57. The Labute approximate surface area is 87.2 Å². The molecule has 14 heavy (non-hydrogen) atoms. The van der Waals surface area contributed by atoms with Crippen LogP contribution in [0.2, 0.25) is 0 Å². The predicted octanol–water partition coefficient (Wildman–Crippen LogP) is 1.57. The molecule has 0 aliphatic heterocycles. The van der Waals surface area contributed by atoms with E-state index >= 15 is 0 Å². The molecule has 0 aromatic heterocycles. The summed E-state index contributed by atoms with van der Waals surface area (Å²) in [5.74, 6) is 0. The third-order valence-corrected chi connectivity index (χ3v) is 2.93. The maximum atomic E-state index is 5.33. The second-order valence-corrected chi connectivity index (χ2v) is 4.02. The van der Waals surface area contributed by atoms with Gasteiger partial charge in [0.15, 0.2) is 0 Å². The molecule has 0 spiro atoms. The van der Waals surface area contributed by atoms with Crippen LogP contribution in [-0.4, -0.2) is 39.5 Å². The highest BCUT2D eigenvalue weighted by Gasteiger charge is 2.23. The van der Waals surface area contributed by atoms with Crippen LogP contribution < -0.4 is 5.32 Å². The lowest BCUT2D eigenvalue weighted by atomic mass is 10.2. The molecular weight excluding hydrogens is 178 g/mol. The maximum absolute atomic E-state index is 5.33. The van der Waals surface area contributed by atoms with E-state index in [1.807, 2.05) is 7.11 Å². The van der Waals surface area contributed by atoms with E-state index in [1.165, 1.54) is 25.7 Å². The van der Waals surface area contributed by atoms with E-state index in [4.69, 9.17) is 9.47 Å². The molecular formula is C11H23NO2. The van der Waals surface area contributed by atoms with Crippen LogP contribution in [0.15, 0.2) is 0 Å². The first-order valence-electron chi connectivity index (χ1n) is 5.62. The molecule has 1 aliphatic carbocycles. The van der Waals surface area contributed by atoms with Gasteiger partial charge >= 0.3 is 0 Å². The number of hydrogen-bond donors (Lipinski definition) is 1. The van der Waals surface area contributed by atoms with Crippen LogP contribution in [-0.2, 0) is 9.47 Å². The summed E-state index contributed by atoms with van der Waals surface area (Å²) in [7, 11) is 3.57. The number of methoxy groups -OCH3 is 2. The van der Waals surface area contributed by atoms with Gasteiger partial charge in [-0.3, -0.25) is 0 Å². The zero-order chi connectivity index (χ0) is 10.2. The largest absolute Gasteiger partial charge is 0.385 e. The van der Waals surface area contributed by atoms with Gasteiger partial charge in [0.05, 0.1) is 6.10 Å². The summed E-state index contributed by atoms with van der Waals surface area (Å²) >= 11 is 0. The Bertz CT molecular complexity index is 141. The molecule has 0 aromatic rings. The molecule has 0 saturated heterocycles. The fourth-order valence-electron chi connectivity index (χ4n) is 2.02. The first-order chi connectivity index (χ1) is 6.86. The van der Waals surface area contributed by atoms with E-state index in [9.17, 15) is 0 Å². The molecule has 2 atom stereocenters. The van der Waals surface area contributed by atoms with Gasteiger partial charge in [0.1, 0.15) is 0 Å². The van der Waals surface area contributed by atoms with Crippen molar-refractivity contribution in [3.8, 4) is 0 Å². The number of unbranched alkanes of at least 4 members (excludes halogenated alkanes) is 1. The van der Waals surface area contributed by atoms with Crippen LogP contribution in [0.4, 0.5) is 0 Å². The number of rotatable bonds is 7. The molecule has 1 N–H and O–H groups in total. The Hall–Kier alpha value is -0.120. The lowest BCUT2D eigenvalue weighted by molar-refractivity contribution is 0.107. The minimum atomic E-state index is 0.492. The Morgan fingerprint density at radius 1 is 1.21 bits per heavy atom. The van der Waals surface area contributed by atoms with Gasteiger partial charge < -0.3 is 14.8 Å². The average Bonchev–Trinajstić information content (AvgIpc) is 2.65. The molecule has 0 heterocycles. The van der Waals surface area contributed by atoms with Crippen LogP contribution in [0.5, 0.6) is 0 Å². The molecule has 0 amide bonds. The van der Waals surface area contributed by atoms with Crippen molar-refractivity contribution < 1.29 is 9.47 Å². The molecule has 2 unspecified atom stereocenters. The van der Waals surface area contributed by atoms with Crippen molar-refractivity contribution in [3.63, 3.8) is 0 Å². The van der Waals surface area contributed by atoms with E-state index in [1.54, 1.807) is 7.11 Å². The quantitative estimate of drug-likeness (QED) is 0.634. The van der Waals surface area contributed by atoms with Crippen molar-refractivity contribution in [2.75, 3.05) is 27.4 Å². The first kappa shape index (κ1) is 12.0. The molecule has 0 radical (unpaired) electrons. The van der Waals surface area contributed by atoms with Gasteiger partial charge in [-0.15, -0.1) is 0 Å². The third kappa shape index (κ3) is 4.40. The summed E-state index contributed by atoms with van der Waals surface area (Å²) in [5.41, 5.74) is 0. The van der Waals surface area contributed by atoms with E-state index in [2.05, 4.69) is 5.32 Å². The standard InChI is InChI=1S/C11H23NO2/c1-13-8-4-3-7-12-10-5-6-11(9-10)14-2/h10-12H,3-9H2,1-2H3. The zero-order valence-electron chi connectivity index (χ0n) is 9.42. The van der Waals surface area contributed by atoms with E-state index < -0.39 is 0 Å². The Morgan fingerprint density at radius 3 is 2.71 bits per heavy atom. The lowest BCUT2D eigenvalue weighted by Crippen LogP contribution is -2.28. The fourth-order valence-corrected chi connectivity index (χ4v) is 2.02. The summed E-state index contributed by atoms with van der Waals surface area (Å²) < 4.78 is 10.3. The van der Waals surface area contributed by atoms with Crippen LogP contribution in [0.25, 0.3) is 0 Å². The Kier molecular flexibility index (Phi) is 6.15. The molecule has 0 bridgehead atoms. The smallest absolute Gasteiger partial charge is 0.0586 e. The van der Waals surface area contributed by atoms with Crippen LogP contribution in [0.1, 0.15) is 32.1 Å². The van der Waals surface area contributed by atoms with E-state index in [0.29, 0.717) is 12.1 Å².